The Balaban J connectivity index is 0.00000341. The summed E-state index contributed by atoms with van der Waals surface area (Å²) in [6, 6.07) is 5.91. The van der Waals surface area contributed by atoms with Crippen LogP contribution in [0.2, 0.25) is 0 Å². The summed E-state index contributed by atoms with van der Waals surface area (Å²) in [5.74, 6) is 1.93. The number of carbonyl (C=O) groups is 1. The second kappa shape index (κ2) is 13.4. The fourth-order valence-corrected chi connectivity index (χ4v) is 3.51. The summed E-state index contributed by atoms with van der Waals surface area (Å²) in [6.07, 6.45) is 3.78. The third-order valence-corrected chi connectivity index (χ3v) is 5.12. The second-order valence-corrected chi connectivity index (χ2v) is 7.23. The summed E-state index contributed by atoms with van der Waals surface area (Å²) < 4.78 is 6.98. The molecule has 1 saturated heterocycles. The summed E-state index contributed by atoms with van der Waals surface area (Å²) in [5.41, 5.74) is 0.876. The topological polar surface area (TPSA) is 99.4 Å². The van der Waals surface area contributed by atoms with Crippen molar-refractivity contribution in [2.45, 2.75) is 12.8 Å². The lowest BCUT2D eigenvalue weighted by molar-refractivity contribution is -0.122. The summed E-state index contributed by atoms with van der Waals surface area (Å²) in [4.78, 5) is 20.8. The molecule has 0 atom stereocenters. The van der Waals surface area contributed by atoms with Gasteiger partial charge in [0.05, 0.1) is 13.2 Å². The molecule has 172 valence electrons. The average Bonchev–Trinajstić information content (AvgIpc) is 3.18. The maximum Gasteiger partial charge on any atom is 0.234 e. The predicted molar refractivity (Wildman–Crippen MR) is 131 cm³/mol. The van der Waals surface area contributed by atoms with Crippen LogP contribution in [0.1, 0.15) is 12.2 Å². The molecule has 1 fully saturated rings. The number of aryl methyl sites for hydroxylation is 1. The number of amides is 1. The van der Waals surface area contributed by atoms with Gasteiger partial charge < -0.3 is 20.3 Å². The van der Waals surface area contributed by atoms with Gasteiger partial charge in [0.1, 0.15) is 5.82 Å². The van der Waals surface area contributed by atoms with Gasteiger partial charge in [0.25, 0.3) is 0 Å². The lowest BCUT2D eigenvalue weighted by Crippen LogP contribution is -2.54. The SMILES string of the molecule is CN=C(NCCCc1nnc2ccccn12)N1CCN(CC(=O)NCCOC)CC1.I. The highest BCUT2D eigenvalue weighted by Gasteiger charge is 2.21. The molecule has 2 N–H and O–H groups in total. The summed E-state index contributed by atoms with van der Waals surface area (Å²) in [7, 11) is 3.44. The summed E-state index contributed by atoms with van der Waals surface area (Å²) in [6.45, 7) is 5.70. The summed E-state index contributed by atoms with van der Waals surface area (Å²) >= 11 is 0. The predicted octanol–water partition coefficient (Wildman–Crippen LogP) is 0.236. The largest absolute Gasteiger partial charge is 0.383 e. The van der Waals surface area contributed by atoms with E-state index in [0.29, 0.717) is 19.7 Å². The highest BCUT2D eigenvalue weighted by atomic mass is 127. The Bertz CT molecular complexity index is 835. The summed E-state index contributed by atoms with van der Waals surface area (Å²) in [5, 5.41) is 14.8. The van der Waals surface area contributed by atoms with E-state index in [4.69, 9.17) is 4.74 Å². The third kappa shape index (κ3) is 7.58. The normalized spacial score (nSPS) is 15.0. The molecule has 1 aliphatic heterocycles. The van der Waals surface area contributed by atoms with Crippen molar-refractivity contribution < 1.29 is 9.53 Å². The molecule has 2 aromatic rings. The number of pyridine rings is 1. The molecule has 1 amide bonds. The van der Waals surface area contributed by atoms with Gasteiger partial charge in [-0.2, -0.15) is 0 Å². The Hall–Kier alpha value is -1.99. The molecule has 0 bridgehead atoms. The first-order chi connectivity index (χ1) is 14.7. The number of halogens is 1. The molecule has 31 heavy (non-hydrogen) atoms. The van der Waals surface area contributed by atoms with Crippen LogP contribution >= 0.6 is 24.0 Å². The van der Waals surface area contributed by atoms with Crippen LogP contribution < -0.4 is 10.6 Å². The minimum atomic E-state index is 0. The number of aromatic nitrogens is 3. The number of guanidine groups is 1. The van der Waals surface area contributed by atoms with Crippen molar-refractivity contribution in [3.8, 4) is 0 Å². The van der Waals surface area contributed by atoms with Gasteiger partial charge in [-0.3, -0.25) is 19.1 Å². The Morgan fingerprint density at radius 3 is 2.71 bits per heavy atom. The van der Waals surface area contributed by atoms with Crippen molar-refractivity contribution >= 4 is 41.5 Å². The van der Waals surface area contributed by atoms with Crippen molar-refractivity contribution in [2.75, 3.05) is 66.6 Å². The van der Waals surface area contributed by atoms with Gasteiger partial charge in [0, 0.05) is 66.0 Å². The van der Waals surface area contributed by atoms with E-state index in [-0.39, 0.29) is 29.9 Å². The molecule has 0 aromatic carbocycles. The first-order valence-corrected chi connectivity index (χ1v) is 10.4. The van der Waals surface area contributed by atoms with Crippen LogP contribution in [0.4, 0.5) is 0 Å². The molecule has 2 aromatic heterocycles. The quantitative estimate of drug-likeness (QED) is 0.202. The van der Waals surface area contributed by atoms with Gasteiger partial charge in [0.15, 0.2) is 11.6 Å². The molecule has 0 radical (unpaired) electrons. The van der Waals surface area contributed by atoms with Crippen LogP contribution in [0.3, 0.4) is 0 Å². The van der Waals surface area contributed by atoms with E-state index in [1.54, 1.807) is 7.11 Å². The zero-order valence-corrected chi connectivity index (χ0v) is 20.6. The van der Waals surface area contributed by atoms with Crippen LogP contribution in [0.15, 0.2) is 29.4 Å². The van der Waals surface area contributed by atoms with E-state index in [9.17, 15) is 4.79 Å². The zero-order valence-electron chi connectivity index (χ0n) is 18.3. The van der Waals surface area contributed by atoms with Gasteiger partial charge in [-0.05, 0) is 18.6 Å². The van der Waals surface area contributed by atoms with Gasteiger partial charge in [-0.15, -0.1) is 34.2 Å². The highest BCUT2D eigenvalue weighted by Crippen LogP contribution is 2.05. The smallest absolute Gasteiger partial charge is 0.234 e. The number of aliphatic imine (C=N–C) groups is 1. The molecule has 10 nitrogen and oxygen atoms in total. The first-order valence-electron chi connectivity index (χ1n) is 10.4. The molecule has 11 heteroatoms. The van der Waals surface area contributed by atoms with Crippen molar-refractivity contribution in [3.63, 3.8) is 0 Å². The van der Waals surface area contributed by atoms with Crippen LogP contribution in [0, 0.1) is 0 Å². The molecule has 0 saturated carbocycles. The second-order valence-electron chi connectivity index (χ2n) is 7.23. The Kier molecular flexibility index (Phi) is 10.9. The average molecular weight is 544 g/mol. The molecular weight excluding hydrogens is 511 g/mol. The third-order valence-electron chi connectivity index (χ3n) is 5.12. The Labute approximate surface area is 200 Å². The molecule has 0 aliphatic carbocycles. The van der Waals surface area contributed by atoms with Crippen molar-refractivity contribution in [2.24, 2.45) is 4.99 Å². The van der Waals surface area contributed by atoms with Crippen LogP contribution in [0.5, 0.6) is 0 Å². The van der Waals surface area contributed by atoms with Crippen LogP contribution in [-0.2, 0) is 16.0 Å². The van der Waals surface area contributed by atoms with E-state index >= 15 is 0 Å². The number of carbonyl (C=O) groups excluding carboxylic acids is 1. The number of rotatable bonds is 9. The highest BCUT2D eigenvalue weighted by molar-refractivity contribution is 14.0. The monoisotopic (exact) mass is 544 g/mol. The minimum absolute atomic E-state index is 0. The lowest BCUT2D eigenvalue weighted by atomic mass is 10.3. The van der Waals surface area contributed by atoms with Crippen molar-refractivity contribution in [1.82, 2.24) is 35.0 Å². The number of fused-ring (bicyclic) bond motifs is 1. The van der Waals surface area contributed by atoms with Gasteiger partial charge in [0.2, 0.25) is 5.91 Å². The van der Waals surface area contributed by atoms with Gasteiger partial charge >= 0.3 is 0 Å². The molecule has 0 spiro atoms. The van der Waals surface area contributed by atoms with Gasteiger partial charge in [-0.25, -0.2) is 0 Å². The van der Waals surface area contributed by atoms with Crippen LogP contribution in [0.25, 0.3) is 5.65 Å². The van der Waals surface area contributed by atoms with Crippen molar-refractivity contribution in [3.05, 3.63) is 30.2 Å². The maximum atomic E-state index is 11.9. The molecule has 3 heterocycles. The molecule has 1 aliphatic rings. The fourth-order valence-electron chi connectivity index (χ4n) is 3.51. The molecular formula is C20H33IN8O2. The number of hydrogen-bond donors (Lipinski definition) is 2. The zero-order chi connectivity index (χ0) is 21.2. The first kappa shape index (κ1) is 25.3. The Morgan fingerprint density at radius 2 is 1.97 bits per heavy atom. The number of methoxy groups -OCH3 is 1. The lowest BCUT2D eigenvalue weighted by Gasteiger charge is -2.36. The number of nitrogens with one attached hydrogen (secondary N) is 2. The molecule has 0 unspecified atom stereocenters. The number of piperazine rings is 1. The minimum Gasteiger partial charge on any atom is -0.383 e. The van der Waals surface area contributed by atoms with E-state index in [1.165, 1.54) is 0 Å². The van der Waals surface area contributed by atoms with E-state index in [2.05, 4.69) is 35.6 Å². The standard InChI is InChI=1S/C20H32N8O2.HI/c1-21-20(23-8-5-7-18-25-24-17-6-3-4-10-28(17)18)27-13-11-26(12-14-27)16-19(29)22-9-15-30-2;/h3-4,6,10H,5,7-9,11-16H2,1-2H3,(H,21,23)(H,22,29);1H. The fraction of sp³-hybridized carbons (Fsp3) is 0.600. The number of nitrogens with zero attached hydrogens (tertiary/aromatic N) is 6. The van der Waals surface area contributed by atoms with E-state index in [0.717, 1.165) is 63.0 Å². The van der Waals surface area contributed by atoms with Crippen molar-refractivity contribution in [1.29, 1.82) is 0 Å². The molecule has 3 rings (SSSR count). The van der Waals surface area contributed by atoms with Crippen LogP contribution in [-0.4, -0.2) is 103 Å². The number of ether oxygens (including phenoxy) is 1. The number of hydrogen-bond acceptors (Lipinski definition) is 6. The maximum absolute atomic E-state index is 11.9. The van der Waals surface area contributed by atoms with E-state index in [1.807, 2.05) is 35.8 Å². The van der Waals surface area contributed by atoms with Gasteiger partial charge in [-0.1, -0.05) is 6.07 Å². The van der Waals surface area contributed by atoms with E-state index < -0.39 is 0 Å². The Morgan fingerprint density at radius 1 is 1.16 bits per heavy atom.